The predicted molar refractivity (Wildman–Crippen MR) is 54.3 cm³/mol. The molecule has 0 aromatic carbocycles. The van der Waals surface area contributed by atoms with Crippen molar-refractivity contribution in [1.82, 2.24) is 4.98 Å². The third-order valence-corrected chi connectivity index (χ3v) is 2.92. The molecule has 1 aromatic heterocycles. The number of halogens is 4. The molecule has 0 radical (unpaired) electrons. The first-order valence-corrected chi connectivity index (χ1v) is 5.47. The van der Waals surface area contributed by atoms with Gasteiger partial charge in [-0.1, -0.05) is 31.9 Å². The summed E-state index contributed by atoms with van der Waals surface area (Å²) in [6.45, 7) is 1.72. The van der Waals surface area contributed by atoms with Crippen molar-refractivity contribution in [3.8, 4) is 0 Å². The van der Waals surface area contributed by atoms with Gasteiger partial charge in [0, 0.05) is 15.5 Å². The maximum Gasteiger partial charge on any atom is 0.280 e. The van der Waals surface area contributed by atoms with E-state index in [4.69, 9.17) is 0 Å². The number of aromatic nitrogens is 1. The Kier molecular flexibility index (Phi) is 3.79. The second-order valence-corrected chi connectivity index (χ2v) is 3.94. The Morgan fingerprint density at radius 3 is 2.54 bits per heavy atom. The zero-order valence-electron chi connectivity index (χ0n) is 6.82. The molecule has 0 saturated carbocycles. The number of hydrogen-bond acceptors (Lipinski definition) is 1. The minimum Gasteiger partial charge on any atom is -0.252 e. The molecule has 0 fully saturated rings. The molecular weight excluding hydrogens is 308 g/mol. The Morgan fingerprint density at radius 1 is 1.54 bits per heavy atom. The molecule has 0 saturated heterocycles. The van der Waals surface area contributed by atoms with Gasteiger partial charge in [0.05, 0.1) is 0 Å². The van der Waals surface area contributed by atoms with E-state index >= 15 is 0 Å². The van der Waals surface area contributed by atoms with Crippen molar-refractivity contribution in [3.05, 3.63) is 27.5 Å². The van der Waals surface area contributed by atoms with Gasteiger partial charge in [0.1, 0.15) is 5.69 Å². The maximum absolute atomic E-state index is 12.3. The molecule has 1 aromatic rings. The van der Waals surface area contributed by atoms with Crippen LogP contribution < -0.4 is 0 Å². The Hall–Kier alpha value is -0.0300. The van der Waals surface area contributed by atoms with Crippen LogP contribution in [0.5, 0.6) is 0 Å². The highest BCUT2D eigenvalue weighted by Gasteiger charge is 2.13. The van der Waals surface area contributed by atoms with Crippen LogP contribution in [0.2, 0.25) is 0 Å². The van der Waals surface area contributed by atoms with Crippen molar-refractivity contribution in [2.24, 2.45) is 0 Å². The molecular formula is C8H7Br2F2N. The third-order valence-electron chi connectivity index (χ3n) is 1.65. The summed E-state index contributed by atoms with van der Waals surface area (Å²) in [7, 11) is 0. The molecule has 0 aliphatic carbocycles. The van der Waals surface area contributed by atoms with Crippen LogP contribution in [0.1, 0.15) is 23.4 Å². The number of rotatable bonds is 2. The molecule has 0 aliphatic rings. The van der Waals surface area contributed by atoms with E-state index < -0.39 is 6.43 Å². The van der Waals surface area contributed by atoms with Gasteiger partial charge in [-0.3, -0.25) is 4.98 Å². The summed E-state index contributed by atoms with van der Waals surface area (Å²) in [5.74, 6) is 0. The van der Waals surface area contributed by atoms with Gasteiger partial charge in [-0.15, -0.1) is 0 Å². The number of hydrogen-bond donors (Lipinski definition) is 0. The molecule has 0 amide bonds. The van der Waals surface area contributed by atoms with Crippen LogP contribution in [0.25, 0.3) is 0 Å². The molecule has 0 spiro atoms. The molecule has 1 nitrogen and oxygen atoms in total. The number of aryl methyl sites for hydroxylation is 1. The first kappa shape index (κ1) is 11.0. The van der Waals surface area contributed by atoms with Gasteiger partial charge in [0.25, 0.3) is 6.43 Å². The highest BCUT2D eigenvalue weighted by atomic mass is 79.9. The van der Waals surface area contributed by atoms with Crippen LogP contribution in [0.3, 0.4) is 0 Å². The summed E-state index contributed by atoms with van der Waals surface area (Å²) in [5.41, 5.74) is 1.35. The number of alkyl halides is 3. The third kappa shape index (κ3) is 2.47. The predicted octanol–water partition coefficient (Wildman–Crippen LogP) is 3.99. The van der Waals surface area contributed by atoms with Gasteiger partial charge in [-0.25, -0.2) is 8.78 Å². The standard InChI is InChI=1S/C8H7Br2F2N/c1-4-5(3-9)6(10)2-7(13-4)8(11)12/h2,8H,3H2,1H3. The van der Waals surface area contributed by atoms with E-state index in [0.29, 0.717) is 15.5 Å². The quantitative estimate of drug-likeness (QED) is 0.752. The van der Waals surface area contributed by atoms with Gasteiger partial charge in [-0.05, 0) is 18.6 Å². The molecule has 0 aliphatic heterocycles. The summed E-state index contributed by atoms with van der Waals surface area (Å²) in [5, 5.41) is 0.607. The van der Waals surface area contributed by atoms with Crippen LogP contribution in [-0.2, 0) is 5.33 Å². The summed E-state index contributed by atoms with van der Waals surface area (Å²) in [6, 6.07) is 1.36. The highest BCUT2D eigenvalue weighted by Crippen LogP contribution is 2.26. The van der Waals surface area contributed by atoms with Crippen LogP contribution in [0.15, 0.2) is 10.5 Å². The second-order valence-electron chi connectivity index (χ2n) is 2.53. The fourth-order valence-corrected chi connectivity index (χ4v) is 2.70. The molecule has 5 heteroatoms. The van der Waals surface area contributed by atoms with E-state index in [-0.39, 0.29) is 5.69 Å². The topological polar surface area (TPSA) is 12.9 Å². The molecule has 13 heavy (non-hydrogen) atoms. The monoisotopic (exact) mass is 313 g/mol. The van der Waals surface area contributed by atoms with Crippen molar-refractivity contribution < 1.29 is 8.78 Å². The Morgan fingerprint density at radius 2 is 2.15 bits per heavy atom. The van der Waals surface area contributed by atoms with Gasteiger partial charge in [0.2, 0.25) is 0 Å². The summed E-state index contributed by atoms with van der Waals surface area (Å²) in [4.78, 5) is 3.79. The first-order chi connectivity index (χ1) is 6.06. The highest BCUT2D eigenvalue weighted by molar-refractivity contribution is 9.10. The molecule has 1 heterocycles. The smallest absolute Gasteiger partial charge is 0.252 e. The van der Waals surface area contributed by atoms with E-state index in [0.717, 1.165) is 5.56 Å². The lowest BCUT2D eigenvalue weighted by Crippen LogP contribution is -1.97. The van der Waals surface area contributed by atoms with Crippen molar-refractivity contribution in [3.63, 3.8) is 0 Å². The van der Waals surface area contributed by atoms with Crippen molar-refractivity contribution in [2.45, 2.75) is 18.7 Å². The summed E-state index contributed by atoms with van der Waals surface area (Å²) in [6.07, 6.45) is -2.51. The SMILES string of the molecule is Cc1nc(C(F)F)cc(Br)c1CBr. The van der Waals surface area contributed by atoms with E-state index in [2.05, 4.69) is 36.8 Å². The minimum absolute atomic E-state index is 0.186. The Labute approximate surface area is 91.8 Å². The van der Waals surface area contributed by atoms with Crippen LogP contribution in [0, 0.1) is 6.92 Å². The zero-order valence-corrected chi connectivity index (χ0v) is 9.99. The normalized spacial score (nSPS) is 10.9. The lowest BCUT2D eigenvalue weighted by molar-refractivity contribution is 0.146. The Balaban J connectivity index is 3.20. The van der Waals surface area contributed by atoms with E-state index in [1.807, 2.05) is 0 Å². The molecule has 0 bridgehead atoms. The fraction of sp³-hybridized carbons (Fsp3) is 0.375. The summed E-state index contributed by atoms with van der Waals surface area (Å²) >= 11 is 6.49. The van der Waals surface area contributed by atoms with Crippen molar-refractivity contribution in [1.29, 1.82) is 0 Å². The second kappa shape index (κ2) is 4.46. The van der Waals surface area contributed by atoms with Gasteiger partial charge in [-0.2, -0.15) is 0 Å². The Bertz CT molecular complexity index is 292. The number of nitrogens with zero attached hydrogens (tertiary/aromatic N) is 1. The molecule has 0 atom stereocenters. The first-order valence-electron chi connectivity index (χ1n) is 3.56. The molecule has 72 valence electrons. The number of pyridine rings is 1. The van der Waals surface area contributed by atoms with Crippen molar-refractivity contribution in [2.75, 3.05) is 0 Å². The van der Waals surface area contributed by atoms with Gasteiger partial charge < -0.3 is 0 Å². The van der Waals surface area contributed by atoms with E-state index in [1.54, 1.807) is 6.92 Å². The minimum atomic E-state index is -2.51. The average Bonchev–Trinajstić information content (AvgIpc) is 2.03. The van der Waals surface area contributed by atoms with E-state index in [1.165, 1.54) is 6.07 Å². The van der Waals surface area contributed by atoms with Crippen LogP contribution in [-0.4, -0.2) is 4.98 Å². The maximum atomic E-state index is 12.3. The molecule has 1 rings (SSSR count). The molecule has 0 N–H and O–H groups in total. The average molecular weight is 315 g/mol. The van der Waals surface area contributed by atoms with E-state index in [9.17, 15) is 8.78 Å². The van der Waals surface area contributed by atoms with Gasteiger partial charge >= 0.3 is 0 Å². The zero-order chi connectivity index (χ0) is 10.0. The van der Waals surface area contributed by atoms with Crippen LogP contribution in [0.4, 0.5) is 8.78 Å². The lowest BCUT2D eigenvalue weighted by Gasteiger charge is -2.07. The van der Waals surface area contributed by atoms with Gasteiger partial charge in [0.15, 0.2) is 0 Å². The fourth-order valence-electron chi connectivity index (χ4n) is 0.955. The van der Waals surface area contributed by atoms with Crippen molar-refractivity contribution >= 4 is 31.9 Å². The van der Waals surface area contributed by atoms with Crippen LogP contribution >= 0.6 is 31.9 Å². The largest absolute Gasteiger partial charge is 0.280 e. The summed E-state index contributed by atoms with van der Waals surface area (Å²) < 4.78 is 25.2. The lowest BCUT2D eigenvalue weighted by atomic mass is 10.2. The molecule has 0 unspecified atom stereocenters.